The predicted molar refractivity (Wildman–Crippen MR) is 95.0 cm³/mol. The summed E-state index contributed by atoms with van der Waals surface area (Å²) in [7, 11) is 0. The molecule has 1 aromatic carbocycles. The Morgan fingerprint density at radius 2 is 2.13 bits per heavy atom. The Morgan fingerprint density at radius 3 is 2.78 bits per heavy atom. The zero-order valence-corrected chi connectivity index (χ0v) is 15.5. The molecule has 1 fully saturated rings. The van der Waals surface area contributed by atoms with Gasteiger partial charge in [-0.15, -0.1) is 0 Å². The maximum atomic E-state index is 10.7. The molecule has 1 aliphatic heterocycles. The van der Waals surface area contributed by atoms with Gasteiger partial charge in [-0.05, 0) is 63.2 Å². The lowest BCUT2D eigenvalue weighted by atomic mass is 9.84. The molecule has 0 spiro atoms. The lowest BCUT2D eigenvalue weighted by Gasteiger charge is -2.34. The number of ether oxygens (including phenoxy) is 1. The van der Waals surface area contributed by atoms with Gasteiger partial charge in [-0.25, -0.2) is 0 Å². The second-order valence-electron chi connectivity index (χ2n) is 6.48. The molecule has 2 rings (SSSR count). The smallest absolute Gasteiger partial charge is 0.317 e. The molecule has 1 heterocycles. The number of hydrogen-bond acceptors (Lipinski definition) is 3. The van der Waals surface area contributed by atoms with Crippen LogP contribution in [0.5, 0.6) is 5.75 Å². The summed E-state index contributed by atoms with van der Waals surface area (Å²) in [5, 5.41) is 8.85. The van der Waals surface area contributed by atoms with Crippen molar-refractivity contribution in [3.63, 3.8) is 0 Å². The Hall–Kier alpha value is -1.07. The minimum absolute atomic E-state index is 0.173. The molecular weight excluding hydrogens is 358 g/mol. The molecule has 1 saturated heterocycles. The van der Waals surface area contributed by atoms with Crippen LogP contribution in [0.3, 0.4) is 0 Å². The number of carboxylic acids is 1. The number of carboxylic acid groups (broad SMARTS) is 1. The quantitative estimate of drug-likeness (QED) is 0.773. The van der Waals surface area contributed by atoms with Gasteiger partial charge in [0.15, 0.2) is 0 Å². The van der Waals surface area contributed by atoms with Gasteiger partial charge in [0.1, 0.15) is 5.75 Å². The van der Waals surface area contributed by atoms with Crippen molar-refractivity contribution < 1.29 is 14.6 Å². The topological polar surface area (TPSA) is 49.8 Å². The monoisotopic (exact) mass is 383 g/mol. The standard InChI is InChI=1S/C18H26BrNO3/c1-13(15-6-9-20(10-7-15)12-18(21)22)8-11-23-17-5-3-4-16(19)14(17)2/h3-5,13,15H,6-12H2,1-2H3,(H,21,22)/t13-/m1/s1. The SMILES string of the molecule is Cc1c(Br)cccc1OCC[C@@H](C)C1CCN(CC(=O)O)CC1. The van der Waals surface area contributed by atoms with Crippen molar-refractivity contribution in [3.05, 3.63) is 28.2 Å². The zero-order chi connectivity index (χ0) is 16.8. The number of piperidine rings is 1. The maximum Gasteiger partial charge on any atom is 0.317 e. The Kier molecular flexibility index (Phi) is 6.90. The number of hydrogen-bond donors (Lipinski definition) is 1. The van der Waals surface area contributed by atoms with Crippen molar-refractivity contribution in [2.75, 3.05) is 26.2 Å². The van der Waals surface area contributed by atoms with E-state index in [2.05, 4.69) is 29.8 Å². The van der Waals surface area contributed by atoms with Gasteiger partial charge in [-0.2, -0.15) is 0 Å². The van der Waals surface area contributed by atoms with E-state index in [1.165, 1.54) is 0 Å². The second-order valence-corrected chi connectivity index (χ2v) is 7.34. The first-order valence-electron chi connectivity index (χ1n) is 8.29. The average molecular weight is 384 g/mol. The Labute approximate surface area is 147 Å². The van der Waals surface area contributed by atoms with E-state index >= 15 is 0 Å². The molecule has 0 aliphatic carbocycles. The summed E-state index contributed by atoms with van der Waals surface area (Å²) in [6.07, 6.45) is 3.21. The summed E-state index contributed by atoms with van der Waals surface area (Å²) in [4.78, 5) is 12.8. The van der Waals surface area contributed by atoms with Crippen LogP contribution in [0.25, 0.3) is 0 Å². The number of carbonyl (C=O) groups is 1. The summed E-state index contributed by atoms with van der Waals surface area (Å²) >= 11 is 3.53. The van der Waals surface area contributed by atoms with Crippen molar-refractivity contribution in [2.45, 2.75) is 33.1 Å². The molecule has 1 aliphatic rings. The van der Waals surface area contributed by atoms with E-state index in [-0.39, 0.29) is 6.54 Å². The number of halogens is 1. The van der Waals surface area contributed by atoms with Crippen molar-refractivity contribution in [2.24, 2.45) is 11.8 Å². The Morgan fingerprint density at radius 1 is 1.43 bits per heavy atom. The number of likely N-dealkylation sites (tertiary alicyclic amines) is 1. The van der Waals surface area contributed by atoms with Crippen molar-refractivity contribution in [3.8, 4) is 5.75 Å². The molecule has 0 aromatic heterocycles. The van der Waals surface area contributed by atoms with Crippen LogP contribution in [0.15, 0.2) is 22.7 Å². The fourth-order valence-corrected chi connectivity index (χ4v) is 3.55. The van der Waals surface area contributed by atoms with Crippen LogP contribution in [0.4, 0.5) is 0 Å². The van der Waals surface area contributed by atoms with E-state index in [9.17, 15) is 4.79 Å². The largest absolute Gasteiger partial charge is 0.493 e. The molecule has 1 N–H and O–H groups in total. The molecular formula is C18H26BrNO3. The van der Waals surface area contributed by atoms with Crippen molar-refractivity contribution in [1.82, 2.24) is 4.90 Å². The molecule has 0 amide bonds. The molecule has 1 aromatic rings. The molecule has 1 atom stereocenters. The van der Waals surface area contributed by atoms with E-state index in [0.29, 0.717) is 11.8 Å². The predicted octanol–water partition coefficient (Wildman–Crippen LogP) is 3.96. The third kappa shape index (κ3) is 5.50. The molecule has 0 bridgehead atoms. The highest BCUT2D eigenvalue weighted by Gasteiger charge is 2.24. The van der Waals surface area contributed by atoms with Gasteiger partial charge >= 0.3 is 5.97 Å². The highest BCUT2D eigenvalue weighted by atomic mass is 79.9. The fraction of sp³-hybridized carbons (Fsp3) is 0.611. The van der Waals surface area contributed by atoms with E-state index in [1.54, 1.807) is 0 Å². The third-order valence-electron chi connectivity index (χ3n) is 4.84. The van der Waals surface area contributed by atoms with Crippen LogP contribution < -0.4 is 4.74 Å². The van der Waals surface area contributed by atoms with E-state index in [4.69, 9.17) is 9.84 Å². The summed E-state index contributed by atoms with van der Waals surface area (Å²) < 4.78 is 7.01. The lowest BCUT2D eigenvalue weighted by Crippen LogP contribution is -2.38. The van der Waals surface area contributed by atoms with Gasteiger partial charge in [-0.3, -0.25) is 9.69 Å². The average Bonchev–Trinajstić information content (AvgIpc) is 2.51. The molecule has 5 heteroatoms. The van der Waals surface area contributed by atoms with Crippen LogP contribution in [0.2, 0.25) is 0 Å². The van der Waals surface area contributed by atoms with Gasteiger partial charge in [0.2, 0.25) is 0 Å². The maximum absolute atomic E-state index is 10.7. The van der Waals surface area contributed by atoms with Crippen LogP contribution in [-0.2, 0) is 4.79 Å². The van der Waals surface area contributed by atoms with Gasteiger partial charge in [0.25, 0.3) is 0 Å². The van der Waals surface area contributed by atoms with Gasteiger partial charge in [-0.1, -0.05) is 28.9 Å². The minimum Gasteiger partial charge on any atom is -0.493 e. The summed E-state index contributed by atoms with van der Waals surface area (Å²) in [6.45, 7) is 7.04. The zero-order valence-electron chi connectivity index (χ0n) is 13.9. The highest BCUT2D eigenvalue weighted by Crippen LogP contribution is 2.29. The van der Waals surface area contributed by atoms with Crippen LogP contribution in [0, 0.1) is 18.8 Å². The summed E-state index contributed by atoms with van der Waals surface area (Å²) in [5.41, 5.74) is 1.14. The molecule has 0 radical (unpaired) electrons. The molecule has 23 heavy (non-hydrogen) atoms. The fourth-order valence-electron chi connectivity index (χ4n) is 3.21. The van der Waals surface area contributed by atoms with Gasteiger partial charge < -0.3 is 9.84 Å². The number of benzene rings is 1. The lowest BCUT2D eigenvalue weighted by molar-refractivity contribution is -0.138. The van der Waals surface area contributed by atoms with Crippen LogP contribution >= 0.6 is 15.9 Å². The number of rotatable bonds is 7. The van der Waals surface area contributed by atoms with Crippen LogP contribution in [-0.4, -0.2) is 42.2 Å². The third-order valence-corrected chi connectivity index (χ3v) is 5.70. The number of nitrogens with zero attached hydrogens (tertiary/aromatic N) is 1. The van der Waals surface area contributed by atoms with Crippen molar-refractivity contribution >= 4 is 21.9 Å². The van der Waals surface area contributed by atoms with E-state index in [1.807, 2.05) is 23.1 Å². The molecule has 4 nitrogen and oxygen atoms in total. The van der Waals surface area contributed by atoms with Crippen LogP contribution in [0.1, 0.15) is 31.7 Å². The Balaban J connectivity index is 1.72. The minimum atomic E-state index is -0.728. The second kappa shape index (κ2) is 8.69. The molecule has 128 valence electrons. The van der Waals surface area contributed by atoms with E-state index in [0.717, 1.165) is 54.7 Å². The van der Waals surface area contributed by atoms with E-state index < -0.39 is 5.97 Å². The molecule has 0 saturated carbocycles. The normalized spacial score (nSPS) is 17.9. The highest BCUT2D eigenvalue weighted by molar-refractivity contribution is 9.10. The van der Waals surface area contributed by atoms with Gasteiger partial charge in [0, 0.05) is 10.0 Å². The molecule has 0 unspecified atom stereocenters. The summed E-state index contributed by atoms with van der Waals surface area (Å²) in [5.74, 6) is 1.50. The summed E-state index contributed by atoms with van der Waals surface area (Å²) in [6, 6.07) is 6.03. The number of aliphatic carboxylic acids is 1. The van der Waals surface area contributed by atoms with Crippen molar-refractivity contribution in [1.29, 1.82) is 0 Å². The first kappa shape index (κ1) is 18.3. The van der Waals surface area contributed by atoms with Gasteiger partial charge in [0.05, 0.1) is 13.2 Å². The Bertz CT molecular complexity index is 527. The first-order chi connectivity index (χ1) is 11.0. The first-order valence-corrected chi connectivity index (χ1v) is 9.08.